The lowest BCUT2D eigenvalue weighted by atomic mass is 10.3. The number of benzene rings is 1. The van der Waals surface area contributed by atoms with Crippen LogP contribution in [0.15, 0.2) is 35.6 Å². The van der Waals surface area contributed by atoms with Gasteiger partial charge in [-0.1, -0.05) is 25.5 Å². The maximum absolute atomic E-state index is 12.2. The zero-order valence-electron chi connectivity index (χ0n) is 11.6. The van der Waals surface area contributed by atoms with Gasteiger partial charge in [0.15, 0.2) is 0 Å². The summed E-state index contributed by atoms with van der Waals surface area (Å²) in [4.78, 5) is 0. The summed E-state index contributed by atoms with van der Waals surface area (Å²) in [6.45, 7) is 2.62. The minimum Gasteiger partial charge on any atom is -0.710 e. The number of nitrogens with zero attached hydrogens (tertiary/aromatic N) is 3. The summed E-state index contributed by atoms with van der Waals surface area (Å²) in [6.07, 6.45) is 2.96. The molecule has 0 aliphatic carbocycles. The maximum atomic E-state index is 12.2. The first-order valence-corrected chi connectivity index (χ1v) is 6.64. The number of hydrogen-bond donors (Lipinski definition) is 3. The fourth-order valence-corrected chi connectivity index (χ4v) is 1.88. The van der Waals surface area contributed by atoms with Crippen molar-refractivity contribution in [1.29, 1.82) is 0 Å². The van der Waals surface area contributed by atoms with Gasteiger partial charge in [-0.05, 0) is 17.6 Å². The van der Waals surface area contributed by atoms with E-state index in [1.54, 1.807) is 24.3 Å². The van der Waals surface area contributed by atoms with Crippen molar-refractivity contribution in [2.45, 2.75) is 19.8 Å². The molecule has 1 heterocycles. The van der Waals surface area contributed by atoms with Crippen LogP contribution in [0.4, 0.5) is 5.82 Å². The van der Waals surface area contributed by atoms with Crippen LogP contribution in [0.25, 0.3) is 11.0 Å². The molecule has 0 aliphatic rings. The van der Waals surface area contributed by atoms with E-state index in [9.17, 15) is 10.4 Å². The number of hydrogen-bond acceptors (Lipinski definition) is 4. The lowest BCUT2D eigenvalue weighted by Crippen LogP contribution is -2.43. The third-order valence-corrected chi connectivity index (χ3v) is 2.97. The standard InChI is InChI=1S/C13H17N5O3/c1-2-3-8-14-13(16-19)15-12-9-17(20)10-6-4-5-7-11(10)18(12)21/h4-7,9,19H,2-3,8H2,1H3,(H2,14,15,16). The molecule has 2 aromatic rings. The van der Waals surface area contributed by atoms with Gasteiger partial charge in [-0.3, -0.25) is 0 Å². The molecular formula is C13H17N5O3. The highest BCUT2D eigenvalue weighted by atomic mass is 16.5. The van der Waals surface area contributed by atoms with Crippen LogP contribution in [0.2, 0.25) is 0 Å². The Bertz CT molecular complexity index is 660. The monoisotopic (exact) mass is 291 g/mol. The number of guanidine groups is 1. The first-order valence-electron chi connectivity index (χ1n) is 6.64. The van der Waals surface area contributed by atoms with Crippen LogP contribution in [0.3, 0.4) is 0 Å². The lowest BCUT2D eigenvalue weighted by molar-refractivity contribution is -0.618. The van der Waals surface area contributed by atoms with Crippen LogP contribution in [-0.2, 0) is 0 Å². The highest BCUT2D eigenvalue weighted by Gasteiger charge is 2.18. The Morgan fingerprint density at radius 1 is 1.29 bits per heavy atom. The summed E-state index contributed by atoms with van der Waals surface area (Å²) in [5, 5.41) is 41.5. The third-order valence-electron chi connectivity index (χ3n) is 2.97. The maximum Gasteiger partial charge on any atom is 0.352 e. The molecule has 0 bridgehead atoms. The zero-order chi connectivity index (χ0) is 15.2. The molecule has 8 heteroatoms. The van der Waals surface area contributed by atoms with Crippen LogP contribution >= 0.6 is 0 Å². The molecule has 0 saturated heterocycles. The number of para-hydroxylation sites is 2. The van der Waals surface area contributed by atoms with Gasteiger partial charge >= 0.3 is 11.8 Å². The van der Waals surface area contributed by atoms with E-state index in [-0.39, 0.29) is 22.8 Å². The number of oxime groups is 1. The minimum absolute atomic E-state index is 0.0170. The second-order valence-electron chi connectivity index (χ2n) is 4.48. The van der Waals surface area contributed by atoms with Crippen molar-refractivity contribution in [2.75, 3.05) is 11.9 Å². The van der Waals surface area contributed by atoms with Gasteiger partial charge in [0, 0.05) is 12.6 Å². The number of unbranched alkanes of at least 4 members (excludes halogenated alkanes) is 1. The topological polar surface area (TPSA) is 111 Å². The molecule has 0 aliphatic heterocycles. The number of fused-ring (bicyclic) bond motifs is 1. The molecule has 0 saturated carbocycles. The van der Waals surface area contributed by atoms with Crippen LogP contribution < -0.4 is 20.1 Å². The minimum atomic E-state index is -0.0273. The smallest absolute Gasteiger partial charge is 0.352 e. The Morgan fingerprint density at radius 3 is 2.67 bits per heavy atom. The van der Waals surface area contributed by atoms with E-state index in [2.05, 4.69) is 15.8 Å². The van der Waals surface area contributed by atoms with E-state index < -0.39 is 0 Å². The van der Waals surface area contributed by atoms with E-state index in [4.69, 9.17) is 5.21 Å². The molecule has 8 nitrogen and oxygen atoms in total. The van der Waals surface area contributed by atoms with E-state index in [1.807, 2.05) is 6.92 Å². The molecule has 0 radical (unpaired) electrons. The molecule has 0 fully saturated rings. The largest absolute Gasteiger partial charge is 0.710 e. The van der Waals surface area contributed by atoms with E-state index in [1.165, 1.54) is 0 Å². The number of nitrogens with one attached hydrogen (secondary N) is 2. The first kappa shape index (κ1) is 14.6. The van der Waals surface area contributed by atoms with Crippen LogP contribution in [-0.4, -0.2) is 17.7 Å². The average Bonchev–Trinajstić information content (AvgIpc) is 2.51. The molecule has 0 amide bonds. The second-order valence-corrected chi connectivity index (χ2v) is 4.48. The van der Waals surface area contributed by atoms with Crippen molar-refractivity contribution in [2.24, 2.45) is 5.16 Å². The normalized spacial score (nSPS) is 11.6. The summed E-state index contributed by atoms with van der Waals surface area (Å²) in [5.41, 5.74) is 0.489. The fourth-order valence-electron chi connectivity index (χ4n) is 1.88. The molecule has 3 N–H and O–H groups in total. The number of rotatable bonds is 4. The third kappa shape index (κ3) is 3.22. The van der Waals surface area contributed by atoms with Gasteiger partial charge in [0.25, 0.3) is 11.7 Å². The molecule has 0 spiro atoms. The van der Waals surface area contributed by atoms with Gasteiger partial charge in [-0.15, -0.1) is 0 Å². The van der Waals surface area contributed by atoms with E-state index >= 15 is 0 Å². The fraction of sp³-hybridized carbons (Fsp3) is 0.308. The van der Waals surface area contributed by atoms with Crippen molar-refractivity contribution in [3.8, 4) is 0 Å². The SMILES string of the molecule is CCCCNC(=NO)Nc1c[n+]([O-])c2ccccc2[n+]1[O-]. The van der Waals surface area contributed by atoms with Gasteiger partial charge in [-0.25, -0.2) is 10.0 Å². The van der Waals surface area contributed by atoms with Gasteiger partial charge in [-0.2, -0.15) is 4.73 Å². The average molecular weight is 291 g/mol. The quantitative estimate of drug-likeness (QED) is 0.146. The zero-order valence-corrected chi connectivity index (χ0v) is 11.6. The molecule has 1 aromatic heterocycles. The summed E-state index contributed by atoms with van der Waals surface area (Å²) >= 11 is 0. The predicted molar refractivity (Wildman–Crippen MR) is 77.6 cm³/mol. The van der Waals surface area contributed by atoms with Crippen molar-refractivity contribution in [1.82, 2.24) is 5.32 Å². The van der Waals surface area contributed by atoms with Gasteiger partial charge in [0.1, 0.15) is 0 Å². The first-order chi connectivity index (χ1) is 10.2. The van der Waals surface area contributed by atoms with Gasteiger partial charge < -0.3 is 20.9 Å². The van der Waals surface area contributed by atoms with Crippen LogP contribution in [0, 0.1) is 10.4 Å². The summed E-state index contributed by atoms with van der Waals surface area (Å²) in [7, 11) is 0. The Balaban J connectivity index is 2.28. The molecule has 2 rings (SSSR count). The van der Waals surface area contributed by atoms with Crippen molar-refractivity contribution in [3.63, 3.8) is 0 Å². The Kier molecular flexibility index (Phi) is 4.60. The summed E-state index contributed by atoms with van der Waals surface area (Å²) < 4.78 is 1.17. The number of anilines is 1. The van der Waals surface area contributed by atoms with Gasteiger partial charge in [0.2, 0.25) is 5.52 Å². The highest BCUT2D eigenvalue weighted by molar-refractivity contribution is 5.91. The molecule has 0 unspecified atom stereocenters. The van der Waals surface area contributed by atoms with Crippen molar-refractivity contribution in [3.05, 3.63) is 40.9 Å². The van der Waals surface area contributed by atoms with E-state index in [0.717, 1.165) is 19.0 Å². The Morgan fingerprint density at radius 2 is 2.00 bits per heavy atom. The Hall–Kier alpha value is -2.77. The Labute approximate surface area is 121 Å². The molecule has 0 atom stereocenters. The summed E-state index contributed by atoms with van der Waals surface area (Å²) in [6, 6.07) is 6.45. The van der Waals surface area contributed by atoms with Crippen LogP contribution in [0.5, 0.6) is 0 Å². The molecule has 1 aromatic carbocycles. The molecule has 21 heavy (non-hydrogen) atoms. The van der Waals surface area contributed by atoms with Crippen molar-refractivity contribution < 1.29 is 14.7 Å². The predicted octanol–water partition coefficient (Wildman–Crippen LogP) is 0.653. The lowest BCUT2D eigenvalue weighted by Gasteiger charge is -2.12. The second kappa shape index (κ2) is 6.60. The summed E-state index contributed by atoms with van der Waals surface area (Å²) in [5.74, 6) is -0.0103. The van der Waals surface area contributed by atoms with Crippen LogP contribution in [0.1, 0.15) is 19.8 Å². The van der Waals surface area contributed by atoms with E-state index in [0.29, 0.717) is 16.0 Å². The number of aromatic nitrogens is 2. The molecular weight excluding hydrogens is 274 g/mol. The van der Waals surface area contributed by atoms with Gasteiger partial charge in [0.05, 0.1) is 0 Å². The van der Waals surface area contributed by atoms with Crippen molar-refractivity contribution >= 4 is 22.8 Å². The highest BCUT2D eigenvalue weighted by Crippen LogP contribution is 2.07. The molecule has 112 valence electrons.